The number of alkyl halides is 3. The minimum absolute atomic E-state index is 1.12. The van der Waals surface area contributed by atoms with Gasteiger partial charge in [-0.2, -0.15) is 0 Å². The molecule has 0 unspecified atom stereocenters. The molecule has 0 fully saturated rings. The molecule has 0 bridgehead atoms. The lowest BCUT2D eigenvalue weighted by Crippen LogP contribution is -2.36. The average molecular weight is 1090 g/mol. The van der Waals surface area contributed by atoms with Crippen molar-refractivity contribution in [1.82, 2.24) is 0 Å². The van der Waals surface area contributed by atoms with Crippen LogP contribution in [-0.2, 0) is 58.2 Å². The van der Waals surface area contributed by atoms with E-state index in [1.807, 2.05) is 0 Å². The molecule has 0 atom stereocenters. The summed E-state index contributed by atoms with van der Waals surface area (Å²) in [5, 5.41) is 3.41. The summed E-state index contributed by atoms with van der Waals surface area (Å²) in [6.07, 6.45) is 37.3. The van der Waals surface area contributed by atoms with E-state index in [4.69, 9.17) is 0 Å². The number of halogens is 3. The van der Waals surface area contributed by atoms with Crippen molar-refractivity contribution in [3.05, 3.63) is 160 Å². The Hall–Kier alpha value is -2.67. The summed E-state index contributed by atoms with van der Waals surface area (Å²) in [5.74, 6) is 0. The number of aryl methyl sites for hydroxylation is 12. The second-order valence-corrected chi connectivity index (χ2v) is 21.2. The topological polar surface area (TPSA) is 11.6 Å². The fourth-order valence-corrected chi connectivity index (χ4v) is 10.3. The van der Waals surface area contributed by atoms with Crippen molar-refractivity contribution in [3.8, 4) is 0 Å². The number of nitrogens with zero attached hydrogens (tertiary/aromatic N) is 3. The smallest absolute Gasteiger partial charge is 0.178 e. The van der Waals surface area contributed by atoms with Crippen LogP contribution in [0.15, 0.2) is 110 Å². The number of rotatable bonds is 33. The van der Waals surface area contributed by atoms with Crippen molar-refractivity contribution in [2.24, 2.45) is 0 Å². The first-order valence-corrected chi connectivity index (χ1v) is 29.5. The molecule has 2 aromatic carbocycles. The van der Waals surface area contributed by atoms with Crippen molar-refractivity contribution < 1.29 is 13.7 Å². The average Bonchev–Trinajstić information content (AvgIpc) is 3.32. The van der Waals surface area contributed by atoms with Crippen LogP contribution >= 0.6 is 47.8 Å². The Kier molecular flexibility index (Phi) is 30.0. The molecule has 0 N–H and O–H groups in total. The molecule has 0 aliphatic carbocycles. The van der Waals surface area contributed by atoms with Gasteiger partial charge in [-0.25, -0.2) is 13.7 Å². The molecule has 5 aromatic rings. The van der Waals surface area contributed by atoms with E-state index in [2.05, 4.69) is 192 Å². The molecule has 66 heavy (non-hydrogen) atoms. The molecule has 360 valence electrons. The maximum absolute atomic E-state index is 3.53. The lowest BCUT2D eigenvalue weighted by molar-refractivity contribution is -0.703. The summed E-state index contributed by atoms with van der Waals surface area (Å²) >= 11 is 10.6. The Morgan fingerprint density at radius 1 is 0.288 bits per heavy atom. The van der Waals surface area contributed by atoms with Crippen LogP contribution in [0.1, 0.15) is 166 Å². The summed E-state index contributed by atoms with van der Waals surface area (Å²) in [6.45, 7) is 9.99. The van der Waals surface area contributed by atoms with Gasteiger partial charge in [0.05, 0.1) is 0 Å². The molecule has 0 aliphatic rings. The highest BCUT2D eigenvalue weighted by Crippen LogP contribution is 2.20. The fraction of sp³-hybridized carbons (Fsp3) is 0.550. The van der Waals surface area contributed by atoms with Crippen molar-refractivity contribution in [1.29, 1.82) is 0 Å². The molecular formula is C60H87Br3N3+3. The van der Waals surface area contributed by atoms with Gasteiger partial charge in [0, 0.05) is 92.4 Å². The molecule has 0 saturated heterocycles. The molecule has 0 saturated carbocycles. The molecule has 0 radical (unpaired) electrons. The van der Waals surface area contributed by atoms with E-state index in [-0.39, 0.29) is 0 Å². The Labute approximate surface area is 429 Å². The third kappa shape index (κ3) is 24.1. The fourth-order valence-electron chi connectivity index (χ4n) is 9.15. The van der Waals surface area contributed by atoms with Crippen LogP contribution in [0.3, 0.4) is 0 Å². The zero-order valence-electron chi connectivity index (χ0n) is 41.6. The molecule has 5 rings (SSSR count). The zero-order valence-corrected chi connectivity index (χ0v) is 46.3. The van der Waals surface area contributed by atoms with Gasteiger partial charge in [-0.15, -0.1) is 0 Å². The summed E-state index contributed by atoms with van der Waals surface area (Å²) < 4.78 is 7.15. The van der Waals surface area contributed by atoms with Gasteiger partial charge in [-0.3, -0.25) is 0 Å². The third-order valence-electron chi connectivity index (χ3n) is 13.1. The second kappa shape index (κ2) is 35.4. The minimum atomic E-state index is 1.12. The van der Waals surface area contributed by atoms with Gasteiger partial charge in [0.1, 0.15) is 19.6 Å². The van der Waals surface area contributed by atoms with E-state index in [1.165, 1.54) is 171 Å². The van der Waals surface area contributed by atoms with Crippen molar-refractivity contribution in [2.75, 3.05) is 16.0 Å². The van der Waals surface area contributed by atoms with Gasteiger partial charge in [0.2, 0.25) is 0 Å². The molecular weight excluding hydrogens is 1000 g/mol. The van der Waals surface area contributed by atoms with Crippen LogP contribution < -0.4 is 13.7 Å². The molecule has 3 aromatic heterocycles. The number of benzene rings is 2. The Bertz CT molecular complexity index is 1780. The number of pyridine rings is 3. The lowest BCUT2D eigenvalue weighted by atomic mass is 9.95. The second-order valence-electron chi connectivity index (χ2n) is 18.9. The largest absolute Gasteiger partial charge is 0.203 e. The van der Waals surface area contributed by atoms with E-state index in [1.54, 1.807) is 33.4 Å². The number of hydrogen-bond acceptors (Lipinski definition) is 0. The van der Waals surface area contributed by atoms with Crippen LogP contribution in [0.2, 0.25) is 0 Å². The van der Waals surface area contributed by atoms with Gasteiger partial charge < -0.3 is 0 Å². The van der Waals surface area contributed by atoms with Crippen LogP contribution in [0, 0.1) is 20.8 Å². The molecule has 3 heterocycles. The first kappa shape index (κ1) is 55.9. The minimum Gasteiger partial charge on any atom is -0.203 e. The number of hydrogen-bond donors (Lipinski definition) is 0. The van der Waals surface area contributed by atoms with Crippen molar-refractivity contribution in [3.63, 3.8) is 0 Å². The first-order valence-electron chi connectivity index (χ1n) is 26.1. The standard InChI is InChI=1S/C39H54N3.C21H33Br3/c1-34-19-10-16-28-40(34)25-13-4-7-22-37-31-38(23-8-5-14-26-41-29-17-11-20-35(41)2)33-39(32-37)24-9-6-15-27-42-30-18-12-21-36(42)3;22-13-7-1-4-10-19-16-20(11-5-2-8-14-23)18-21(17-19)12-6-3-9-15-24/h10-12,16-21,28-33H,4-9,13-15,22-27H2,1-3H3;16-18H,1-15H2/q+3;. The number of aromatic nitrogens is 3. The highest BCUT2D eigenvalue weighted by atomic mass is 79.9. The predicted molar refractivity (Wildman–Crippen MR) is 294 cm³/mol. The van der Waals surface area contributed by atoms with Crippen molar-refractivity contribution in [2.45, 2.75) is 195 Å². The quantitative estimate of drug-likeness (QED) is 0.0225. The maximum atomic E-state index is 3.53. The number of unbranched alkanes of at least 4 members (excludes halogenated alkanes) is 12. The normalized spacial score (nSPS) is 11.2. The summed E-state index contributed by atoms with van der Waals surface area (Å²) in [5.41, 5.74) is 13.4. The maximum Gasteiger partial charge on any atom is 0.178 e. The lowest BCUT2D eigenvalue weighted by Gasteiger charge is -2.11. The zero-order chi connectivity index (χ0) is 46.9. The van der Waals surface area contributed by atoms with Crippen LogP contribution in [-0.4, -0.2) is 16.0 Å². The molecule has 0 aliphatic heterocycles. The van der Waals surface area contributed by atoms with Gasteiger partial charge in [0.25, 0.3) is 0 Å². The highest BCUT2D eigenvalue weighted by molar-refractivity contribution is 9.09. The van der Waals surface area contributed by atoms with Crippen LogP contribution in [0.25, 0.3) is 0 Å². The van der Waals surface area contributed by atoms with Crippen molar-refractivity contribution >= 4 is 47.8 Å². The SMILES string of the molecule is BrCCCCCc1cc(CCCCCBr)cc(CCCCCBr)c1.Cc1cccc[n+]1CCCCCc1cc(CCCCC[n+]2ccccc2C)cc(CCCCC[n+]2ccccc2C)c1. The van der Waals surface area contributed by atoms with E-state index < -0.39 is 0 Å². The Balaban J connectivity index is 0.000000338. The van der Waals surface area contributed by atoms with Gasteiger partial charge in [-0.05, 0) is 149 Å². The van der Waals surface area contributed by atoms with E-state index in [0.717, 1.165) is 35.6 Å². The van der Waals surface area contributed by atoms with Crippen LogP contribution in [0.4, 0.5) is 0 Å². The highest BCUT2D eigenvalue weighted by Gasteiger charge is 2.09. The predicted octanol–water partition coefficient (Wildman–Crippen LogP) is 15.7. The van der Waals surface area contributed by atoms with E-state index in [0.29, 0.717) is 0 Å². The molecule has 0 amide bonds. The molecule has 6 heteroatoms. The Morgan fingerprint density at radius 2 is 0.515 bits per heavy atom. The third-order valence-corrected chi connectivity index (χ3v) is 14.8. The van der Waals surface area contributed by atoms with Gasteiger partial charge >= 0.3 is 0 Å². The first-order chi connectivity index (χ1) is 32.4. The van der Waals surface area contributed by atoms with E-state index in [9.17, 15) is 0 Å². The summed E-state index contributed by atoms with van der Waals surface area (Å²) in [4.78, 5) is 0. The molecule has 0 spiro atoms. The molecule has 3 nitrogen and oxygen atoms in total. The Morgan fingerprint density at radius 3 is 0.727 bits per heavy atom. The monoisotopic (exact) mass is 1090 g/mol. The van der Waals surface area contributed by atoms with Gasteiger partial charge in [-0.1, -0.05) is 122 Å². The van der Waals surface area contributed by atoms with Gasteiger partial charge in [0.15, 0.2) is 35.7 Å². The van der Waals surface area contributed by atoms with E-state index >= 15 is 0 Å². The summed E-state index contributed by atoms with van der Waals surface area (Å²) in [7, 11) is 0. The van der Waals surface area contributed by atoms with Crippen LogP contribution in [0.5, 0.6) is 0 Å². The summed E-state index contributed by atoms with van der Waals surface area (Å²) in [6, 6.07) is 34.4.